The molecule has 1 aromatic rings. The average molecular weight is 317 g/mol. The Morgan fingerprint density at radius 1 is 1.00 bits per heavy atom. The van der Waals surface area contributed by atoms with E-state index in [1.807, 2.05) is 0 Å². The van der Waals surface area contributed by atoms with Gasteiger partial charge in [-0.25, -0.2) is 0 Å². The minimum Gasteiger partial charge on any atom is -0.355 e. The van der Waals surface area contributed by atoms with Crippen LogP contribution in [0.2, 0.25) is 0 Å². The maximum absolute atomic E-state index is 12.0. The third kappa shape index (κ3) is 7.14. The summed E-state index contributed by atoms with van der Waals surface area (Å²) in [6.45, 7) is 8.64. The van der Waals surface area contributed by atoms with Gasteiger partial charge in [-0.2, -0.15) is 0 Å². The van der Waals surface area contributed by atoms with Gasteiger partial charge in [0.2, 0.25) is 5.91 Å². The second-order valence-electron chi connectivity index (χ2n) is 6.45. The molecule has 128 valence electrons. The number of piperazine rings is 1. The molecule has 0 spiro atoms. The Kier molecular flexibility index (Phi) is 8.12. The van der Waals surface area contributed by atoms with Crippen LogP contribution in [0, 0.1) is 0 Å². The number of rotatable bonds is 9. The summed E-state index contributed by atoms with van der Waals surface area (Å²) in [6.07, 6.45) is 4.82. The lowest BCUT2D eigenvalue weighted by Crippen LogP contribution is -2.49. The molecule has 1 aliphatic rings. The highest BCUT2D eigenvalue weighted by Crippen LogP contribution is 2.08. The molecule has 1 aliphatic heterocycles. The van der Waals surface area contributed by atoms with Crippen molar-refractivity contribution >= 4 is 5.91 Å². The molecule has 1 amide bonds. The van der Waals surface area contributed by atoms with E-state index in [0.717, 1.165) is 45.7 Å². The molecule has 1 N–H and O–H groups in total. The van der Waals surface area contributed by atoms with Crippen LogP contribution in [0.15, 0.2) is 30.3 Å². The molecule has 0 saturated carbocycles. The first-order chi connectivity index (χ1) is 11.3. The second-order valence-corrected chi connectivity index (χ2v) is 6.45. The van der Waals surface area contributed by atoms with Crippen LogP contribution in [0.3, 0.4) is 0 Å². The Bertz CT molecular complexity index is 441. The van der Waals surface area contributed by atoms with Crippen LogP contribution >= 0.6 is 0 Å². The summed E-state index contributed by atoms with van der Waals surface area (Å²) in [4.78, 5) is 16.7. The molecular weight excluding hydrogens is 286 g/mol. The fourth-order valence-electron chi connectivity index (χ4n) is 2.99. The van der Waals surface area contributed by atoms with Gasteiger partial charge in [0.15, 0.2) is 0 Å². The fourth-order valence-corrected chi connectivity index (χ4v) is 2.99. The number of hydrogen-bond donors (Lipinski definition) is 1. The van der Waals surface area contributed by atoms with Gasteiger partial charge in [0.05, 0.1) is 6.54 Å². The van der Waals surface area contributed by atoms with Gasteiger partial charge in [-0.15, -0.1) is 0 Å². The van der Waals surface area contributed by atoms with Gasteiger partial charge in [-0.05, 0) is 12.0 Å². The Balaban J connectivity index is 1.58. The van der Waals surface area contributed by atoms with Crippen molar-refractivity contribution in [1.29, 1.82) is 0 Å². The van der Waals surface area contributed by atoms with Crippen molar-refractivity contribution in [3.8, 4) is 0 Å². The molecule has 4 heteroatoms. The van der Waals surface area contributed by atoms with Crippen molar-refractivity contribution in [2.24, 2.45) is 0 Å². The van der Waals surface area contributed by atoms with Crippen molar-refractivity contribution in [3.05, 3.63) is 35.9 Å². The molecule has 4 nitrogen and oxygen atoms in total. The third-order valence-corrected chi connectivity index (χ3v) is 4.43. The minimum absolute atomic E-state index is 0.179. The van der Waals surface area contributed by atoms with Gasteiger partial charge >= 0.3 is 0 Å². The molecule has 1 saturated heterocycles. The van der Waals surface area contributed by atoms with Crippen LogP contribution in [-0.4, -0.2) is 55.0 Å². The van der Waals surface area contributed by atoms with E-state index >= 15 is 0 Å². The quantitative estimate of drug-likeness (QED) is 0.711. The van der Waals surface area contributed by atoms with E-state index in [9.17, 15) is 4.79 Å². The molecule has 0 aliphatic carbocycles. The predicted octanol–water partition coefficient (Wildman–Crippen LogP) is 2.50. The van der Waals surface area contributed by atoms with E-state index < -0.39 is 0 Å². The fraction of sp³-hybridized carbons (Fsp3) is 0.632. The average Bonchev–Trinajstić information content (AvgIpc) is 2.57. The predicted molar refractivity (Wildman–Crippen MR) is 95.3 cm³/mol. The van der Waals surface area contributed by atoms with E-state index in [4.69, 9.17) is 0 Å². The zero-order valence-corrected chi connectivity index (χ0v) is 14.5. The van der Waals surface area contributed by atoms with Gasteiger partial charge in [0.25, 0.3) is 0 Å². The van der Waals surface area contributed by atoms with Crippen molar-refractivity contribution in [2.45, 2.75) is 39.2 Å². The molecule has 1 heterocycles. The molecule has 0 aromatic heterocycles. The second kappa shape index (κ2) is 10.4. The topological polar surface area (TPSA) is 35.6 Å². The van der Waals surface area contributed by atoms with Crippen molar-refractivity contribution in [1.82, 2.24) is 15.1 Å². The highest BCUT2D eigenvalue weighted by molar-refractivity contribution is 5.77. The molecule has 0 radical (unpaired) electrons. The lowest BCUT2D eigenvalue weighted by Gasteiger charge is -2.34. The Hall–Kier alpha value is -1.39. The van der Waals surface area contributed by atoms with E-state index in [0.29, 0.717) is 6.54 Å². The van der Waals surface area contributed by atoms with E-state index in [1.165, 1.54) is 24.8 Å². The van der Waals surface area contributed by atoms with Crippen LogP contribution in [-0.2, 0) is 11.3 Å². The number of nitrogens with one attached hydrogen (secondary N) is 1. The SMILES string of the molecule is CCCCCCNC(=O)CN1CCN(Cc2ccccc2)CC1. The number of carbonyl (C=O) groups is 1. The lowest BCUT2D eigenvalue weighted by molar-refractivity contribution is -0.122. The van der Waals surface area contributed by atoms with Crippen LogP contribution < -0.4 is 5.32 Å². The van der Waals surface area contributed by atoms with Gasteiger partial charge in [-0.3, -0.25) is 14.6 Å². The van der Waals surface area contributed by atoms with Crippen LogP contribution in [0.4, 0.5) is 0 Å². The monoisotopic (exact) mass is 317 g/mol. The molecule has 0 bridgehead atoms. The molecule has 1 aromatic carbocycles. The molecule has 0 unspecified atom stereocenters. The van der Waals surface area contributed by atoms with Crippen molar-refractivity contribution in [3.63, 3.8) is 0 Å². The summed E-state index contributed by atoms with van der Waals surface area (Å²) in [7, 11) is 0. The lowest BCUT2D eigenvalue weighted by atomic mass is 10.2. The maximum atomic E-state index is 12.0. The molecule has 0 atom stereocenters. The van der Waals surface area contributed by atoms with E-state index in [-0.39, 0.29) is 5.91 Å². The van der Waals surface area contributed by atoms with Crippen LogP contribution in [0.1, 0.15) is 38.2 Å². The molecule has 2 rings (SSSR count). The largest absolute Gasteiger partial charge is 0.355 e. The summed E-state index contributed by atoms with van der Waals surface area (Å²) >= 11 is 0. The van der Waals surface area contributed by atoms with Crippen molar-refractivity contribution < 1.29 is 4.79 Å². The Labute approximate surface area is 140 Å². The normalized spacial score (nSPS) is 16.4. The van der Waals surface area contributed by atoms with Crippen molar-refractivity contribution in [2.75, 3.05) is 39.3 Å². The molecule has 23 heavy (non-hydrogen) atoms. The highest BCUT2D eigenvalue weighted by atomic mass is 16.2. The van der Waals surface area contributed by atoms with Gasteiger partial charge < -0.3 is 5.32 Å². The third-order valence-electron chi connectivity index (χ3n) is 4.43. The molecular formula is C19H31N3O. The van der Waals surface area contributed by atoms with Gasteiger partial charge in [0, 0.05) is 39.3 Å². The Morgan fingerprint density at radius 3 is 2.39 bits per heavy atom. The first-order valence-corrected chi connectivity index (χ1v) is 9.03. The van der Waals surface area contributed by atoms with Crippen LogP contribution in [0.5, 0.6) is 0 Å². The molecule has 1 fully saturated rings. The van der Waals surface area contributed by atoms with Crippen LogP contribution in [0.25, 0.3) is 0 Å². The highest BCUT2D eigenvalue weighted by Gasteiger charge is 2.18. The van der Waals surface area contributed by atoms with Gasteiger partial charge in [0.1, 0.15) is 0 Å². The first kappa shape index (κ1) is 18.0. The van der Waals surface area contributed by atoms with E-state index in [2.05, 4.69) is 52.4 Å². The summed E-state index contributed by atoms with van der Waals surface area (Å²) in [5, 5.41) is 3.05. The minimum atomic E-state index is 0.179. The number of nitrogens with zero attached hydrogens (tertiary/aromatic N) is 2. The Morgan fingerprint density at radius 2 is 1.70 bits per heavy atom. The first-order valence-electron chi connectivity index (χ1n) is 9.03. The number of unbranched alkanes of at least 4 members (excludes halogenated alkanes) is 3. The number of hydrogen-bond acceptors (Lipinski definition) is 3. The maximum Gasteiger partial charge on any atom is 0.234 e. The number of amides is 1. The number of benzene rings is 1. The number of carbonyl (C=O) groups excluding carboxylic acids is 1. The van der Waals surface area contributed by atoms with E-state index in [1.54, 1.807) is 0 Å². The smallest absolute Gasteiger partial charge is 0.234 e. The zero-order chi connectivity index (χ0) is 16.3. The summed E-state index contributed by atoms with van der Waals surface area (Å²) in [5.74, 6) is 0.179. The summed E-state index contributed by atoms with van der Waals surface area (Å²) < 4.78 is 0. The summed E-state index contributed by atoms with van der Waals surface area (Å²) in [6, 6.07) is 10.6. The zero-order valence-electron chi connectivity index (χ0n) is 14.5. The summed E-state index contributed by atoms with van der Waals surface area (Å²) in [5.41, 5.74) is 1.37. The van der Waals surface area contributed by atoms with Gasteiger partial charge in [-0.1, -0.05) is 56.5 Å². The standard InChI is InChI=1S/C19H31N3O/c1-2-3-4-8-11-20-19(23)17-22-14-12-21(13-15-22)16-18-9-6-5-7-10-18/h5-7,9-10H,2-4,8,11-17H2,1H3,(H,20,23).